The van der Waals surface area contributed by atoms with Crippen molar-refractivity contribution in [3.8, 4) is 0 Å². The van der Waals surface area contributed by atoms with E-state index in [0.717, 1.165) is 77.0 Å². The second-order valence-corrected chi connectivity index (χ2v) is 20.8. The highest BCUT2D eigenvalue weighted by Gasteiger charge is 2.57. The highest BCUT2D eigenvalue weighted by molar-refractivity contribution is 5.73. The molecule has 0 spiro atoms. The first kappa shape index (κ1) is 66.7. The average Bonchev–Trinajstić information content (AvgIpc) is 3.34. The highest BCUT2D eigenvalue weighted by Crippen LogP contribution is 2.39. The molecule has 8 atom stereocenters. The van der Waals surface area contributed by atoms with E-state index in [1.165, 1.54) is 116 Å². The third-order valence-electron chi connectivity index (χ3n) is 14.4. The summed E-state index contributed by atoms with van der Waals surface area (Å²) < 4.78 is 21.8. The largest absolute Gasteiger partial charge is 0.479 e. The van der Waals surface area contributed by atoms with Gasteiger partial charge in [0.15, 0.2) is 18.0 Å². The molecule has 0 bridgehead atoms. The molecule has 1 heterocycles. The molecule has 6 N–H and O–H groups in total. The van der Waals surface area contributed by atoms with Crippen molar-refractivity contribution >= 4 is 23.9 Å². The van der Waals surface area contributed by atoms with Gasteiger partial charge >= 0.3 is 23.9 Å². The minimum Gasteiger partial charge on any atom is -0.479 e. The molecule has 1 aliphatic rings. The van der Waals surface area contributed by atoms with Crippen molar-refractivity contribution in [2.75, 3.05) is 6.61 Å². The van der Waals surface area contributed by atoms with E-state index in [-0.39, 0.29) is 25.7 Å². The van der Waals surface area contributed by atoms with Crippen LogP contribution in [0.5, 0.6) is 0 Å². The zero-order valence-corrected chi connectivity index (χ0v) is 45.2. The molecule has 1 fully saturated rings. The molecule has 0 aliphatic carbocycles. The predicted octanol–water partition coefficient (Wildman–Crippen LogP) is 12.2. The van der Waals surface area contributed by atoms with Crippen LogP contribution < -0.4 is 0 Å². The van der Waals surface area contributed by atoms with E-state index in [4.69, 9.17) is 18.9 Å². The predicted molar refractivity (Wildman–Crippen MR) is 278 cm³/mol. The monoisotopic (exact) mass is 1010 g/mol. The lowest BCUT2D eigenvalue weighted by Crippen LogP contribution is -2.68. The highest BCUT2D eigenvalue weighted by atomic mass is 16.7. The number of aliphatic hydroxyl groups is 5. The molecular weight excluding hydrogens is 909 g/mol. The van der Waals surface area contributed by atoms with Gasteiger partial charge in [0.1, 0.15) is 24.9 Å². The van der Waals surface area contributed by atoms with E-state index in [1.54, 1.807) is 0 Å². The van der Waals surface area contributed by atoms with E-state index in [2.05, 4.69) is 20.8 Å². The number of aliphatic hydroxyl groups excluding tert-OH is 4. The minimum atomic E-state index is -2.43. The van der Waals surface area contributed by atoms with Crippen LogP contribution in [0.3, 0.4) is 0 Å². The van der Waals surface area contributed by atoms with Gasteiger partial charge in [0.2, 0.25) is 6.29 Å². The van der Waals surface area contributed by atoms with Crippen LogP contribution in [-0.2, 0) is 38.1 Å². The number of ether oxygens (including phenoxy) is 4. The molecule has 0 aromatic carbocycles. The average molecular weight is 1020 g/mol. The molecule has 0 aromatic rings. The van der Waals surface area contributed by atoms with Crippen molar-refractivity contribution in [1.29, 1.82) is 0 Å². The van der Waals surface area contributed by atoms with Crippen LogP contribution in [0.2, 0.25) is 0 Å². The van der Waals surface area contributed by atoms with Crippen LogP contribution in [0.25, 0.3) is 0 Å². The van der Waals surface area contributed by atoms with Crippen LogP contribution in [0.1, 0.15) is 284 Å². The fourth-order valence-corrected chi connectivity index (χ4v) is 9.72. The van der Waals surface area contributed by atoms with Crippen molar-refractivity contribution in [2.24, 2.45) is 5.92 Å². The number of hydrogen-bond acceptors (Lipinski definition) is 13. The summed E-state index contributed by atoms with van der Waals surface area (Å²) in [5.41, 5.74) is 0. The number of carbonyl (C=O) groups is 4. The summed E-state index contributed by atoms with van der Waals surface area (Å²) in [6.07, 6.45) is 28.4. The van der Waals surface area contributed by atoms with Gasteiger partial charge in [0.05, 0.1) is 0 Å². The Balaban J connectivity index is 2.70. The Bertz CT molecular complexity index is 1320. The molecule has 1 rings (SSSR count). The van der Waals surface area contributed by atoms with Crippen LogP contribution >= 0.6 is 0 Å². The first-order valence-electron chi connectivity index (χ1n) is 29.2. The Kier molecular flexibility index (Phi) is 41.3. The molecule has 0 radical (unpaired) electrons. The molecule has 14 heteroatoms. The number of hydrogen-bond donors (Lipinski definition) is 6. The van der Waals surface area contributed by atoms with Gasteiger partial charge in [-0.1, -0.05) is 233 Å². The van der Waals surface area contributed by atoms with Crippen LogP contribution in [0, 0.1) is 5.92 Å². The Labute approximate surface area is 430 Å². The number of aliphatic carboxylic acids is 1. The second-order valence-electron chi connectivity index (χ2n) is 20.8. The van der Waals surface area contributed by atoms with Gasteiger partial charge in [-0.05, 0) is 32.1 Å². The molecule has 418 valence electrons. The summed E-state index contributed by atoms with van der Waals surface area (Å²) >= 11 is 0. The summed E-state index contributed by atoms with van der Waals surface area (Å²) in [7, 11) is 0. The van der Waals surface area contributed by atoms with E-state index >= 15 is 0 Å². The molecular formula is C57H106O14. The van der Waals surface area contributed by atoms with E-state index in [9.17, 15) is 49.8 Å². The molecule has 0 saturated carbocycles. The summed E-state index contributed by atoms with van der Waals surface area (Å²) in [6, 6.07) is 0. The Morgan fingerprint density at radius 2 is 0.789 bits per heavy atom. The number of esters is 3. The van der Waals surface area contributed by atoms with Crippen LogP contribution in [0.4, 0.5) is 0 Å². The number of carbonyl (C=O) groups excluding carboxylic acids is 3. The van der Waals surface area contributed by atoms with Gasteiger partial charge in [-0.15, -0.1) is 0 Å². The fourth-order valence-electron chi connectivity index (χ4n) is 9.72. The van der Waals surface area contributed by atoms with Crippen molar-refractivity contribution in [2.45, 2.75) is 327 Å². The number of unbranched alkanes of at least 4 members (excludes halogenated alkanes) is 32. The Morgan fingerprint density at radius 1 is 0.465 bits per heavy atom. The van der Waals surface area contributed by atoms with Crippen molar-refractivity contribution < 1.29 is 68.8 Å². The van der Waals surface area contributed by atoms with Crippen LogP contribution in [0.15, 0.2) is 0 Å². The number of rotatable bonds is 49. The lowest BCUT2D eigenvalue weighted by Gasteiger charge is -2.48. The zero-order chi connectivity index (χ0) is 52.4. The molecule has 71 heavy (non-hydrogen) atoms. The molecule has 4 unspecified atom stereocenters. The summed E-state index contributed by atoms with van der Waals surface area (Å²) in [6.45, 7) is 6.15. The van der Waals surface area contributed by atoms with Gasteiger partial charge in [0.25, 0.3) is 0 Å². The molecule has 14 nitrogen and oxygen atoms in total. The molecule has 0 aromatic heterocycles. The first-order valence-corrected chi connectivity index (χ1v) is 29.2. The standard InChI is InChI=1S/C57H106O14/c1-4-7-10-13-16-18-20-22-24-26-29-32-37-42-48(58)68-45-47(69-49(59)43-38-33-30-27-25-23-21-19-17-14-11-8-5-2)56(66)70-50(60)44-39-34-36-41-46(40-35-31-28-15-12-9-6-3)57(67)54(63)52(62)51(61)53(71-57)55(64)65/h46-47,51-54,56,61-63,66-67H,4-45H2,1-3H3,(H,64,65)/t46?,47?,51-,52-,53-,54+,56?,57?/m0/s1. The lowest BCUT2D eigenvalue weighted by molar-refractivity contribution is -0.362. The molecule has 1 saturated heterocycles. The maximum Gasteiger partial charge on any atom is 0.335 e. The topological polar surface area (TPSA) is 227 Å². The molecule has 0 amide bonds. The van der Waals surface area contributed by atoms with E-state index in [1.807, 2.05) is 0 Å². The normalized spacial score (nSPS) is 20.3. The van der Waals surface area contributed by atoms with Crippen molar-refractivity contribution in [3.05, 3.63) is 0 Å². The van der Waals surface area contributed by atoms with E-state index in [0.29, 0.717) is 44.9 Å². The second kappa shape index (κ2) is 44.0. The van der Waals surface area contributed by atoms with Crippen molar-refractivity contribution in [3.63, 3.8) is 0 Å². The minimum absolute atomic E-state index is 0.104. The van der Waals surface area contributed by atoms with Gasteiger partial charge in [-0.2, -0.15) is 0 Å². The van der Waals surface area contributed by atoms with Crippen LogP contribution in [-0.4, -0.2) is 104 Å². The summed E-state index contributed by atoms with van der Waals surface area (Å²) in [5.74, 6) is -6.59. The SMILES string of the molecule is CCCCCCCCCCCCCCCC(=O)OCC(OC(=O)CCCCCCCCCCCCCCC)C(O)OC(=O)CCCCCC(CCCCCCCCC)C1(O)O[C@H](C(=O)O)[C@@H](O)[C@H](O)[C@H]1O. The number of carboxylic acids is 1. The third-order valence-corrected chi connectivity index (χ3v) is 14.4. The molecule has 1 aliphatic heterocycles. The van der Waals surface area contributed by atoms with Gasteiger partial charge in [0, 0.05) is 25.2 Å². The lowest BCUT2D eigenvalue weighted by atomic mass is 9.79. The van der Waals surface area contributed by atoms with Gasteiger partial charge in [-0.25, -0.2) is 4.79 Å². The quantitative estimate of drug-likeness (QED) is 0.0144. The smallest absolute Gasteiger partial charge is 0.335 e. The maximum absolute atomic E-state index is 13.0. The Hall–Kier alpha value is -2.36. The summed E-state index contributed by atoms with van der Waals surface area (Å²) in [5, 5.41) is 63.9. The Morgan fingerprint density at radius 3 is 1.17 bits per heavy atom. The first-order chi connectivity index (χ1) is 34.3. The zero-order valence-electron chi connectivity index (χ0n) is 45.2. The maximum atomic E-state index is 13.0. The number of carboxylic acid groups (broad SMARTS) is 1. The fraction of sp³-hybridized carbons (Fsp3) is 0.930. The van der Waals surface area contributed by atoms with Gasteiger partial charge in [-0.3, -0.25) is 14.4 Å². The van der Waals surface area contributed by atoms with Gasteiger partial charge < -0.3 is 49.6 Å². The van der Waals surface area contributed by atoms with Crippen molar-refractivity contribution in [1.82, 2.24) is 0 Å². The third kappa shape index (κ3) is 32.5. The van der Waals surface area contributed by atoms with E-state index < -0.39 is 79.0 Å². The summed E-state index contributed by atoms with van der Waals surface area (Å²) in [4.78, 5) is 50.5.